The number of hydrogen-bond acceptors (Lipinski definition) is 10. The van der Waals surface area contributed by atoms with Crippen LogP contribution in [-0.2, 0) is 38.3 Å². The van der Waals surface area contributed by atoms with Crippen LogP contribution in [0.4, 0.5) is 0 Å². The summed E-state index contributed by atoms with van der Waals surface area (Å²) in [4.78, 5) is 120. The summed E-state index contributed by atoms with van der Waals surface area (Å²) in [5.74, 6) is -6.85. The standard InChI is InChI=1S/C43H58N6O11/c1-60-34(51)19-11-10-18-31(45-38(53)29-16-8-9-17-30(29)43(58)59)39(54)46-32(22-25-20-21-25)42(57)49-24-28(50)23-33(49)40(55)48-36(27-14-6-3-7-15-27)41(56)47-35(37(44)52)26-12-4-2-5-13-26/h8-9,11,16-17,19,25-27,31-33,35-36H,2-7,10,12-15,18,20-24H2,1H3,(H2,44,52)(H,45,53)(H,46,54)(H,47,56)(H,48,55)(H,58,59)/b19-11+/t31-,32-,33-,35-,36-/m0/s1. The van der Waals surface area contributed by atoms with E-state index in [4.69, 9.17) is 5.73 Å². The third-order valence-electron chi connectivity index (χ3n) is 12.1. The molecular formula is C43H58N6O11. The number of hydrogen-bond donors (Lipinski definition) is 6. The third-order valence-corrected chi connectivity index (χ3v) is 12.1. The molecule has 3 aliphatic carbocycles. The Morgan fingerprint density at radius 3 is 2.00 bits per heavy atom. The summed E-state index contributed by atoms with van der Waals surface area (Å²) >= 11 is 0. The molecule has 326 valence electrons. The van der Waals surface area contributed by atoms with Crippen LogP contribution < -0.4 is 27.0 Å². The Morgan fingerprint density at radius 2 is 1.42 bits per heavy atom. The van der Waals surface area contributed by atoms with E-state index in [-0.39, 0.29) is 60.3 Å². The monoisotopic (exact) mass is 834 g/mol. The normalized spacial score (nSPS) is 20.6. The quantitative estimate of drug-likeness (QED) is 0.0868. The average molecular weight is 835 g/mol. The van der Waals surface area contributed by atoms with Gasteiger partial charge in [0.15, 0.2) is 5.78 Å². The minimum atomic E-state index is -1.35. The van der Waals surface area contributed by atoms with E-state index in [9.17, 15) is 48.3 Å². The number of benzene rings is 1. The minimum absolute atomic E-state index is 0.0557. The smallest absolute Gasteiger partial charge is 0.336 e. The highest BCUT2D eigenvalue weighted by molar-refractivity contribution is 6.06. The van der Waals surface area contributed by atoms with E-state index in [0.29, 0.717) is 12.8 Å². The molecule has 6 amide bonds. The van der Waals surface area contributed by atoms with Gasteiger partial charge in [-0.05, 0) is 74.8 Å². The molecule has 1 saturated heterocycles. The number of carboxylic acids is 1. The van der Waals surface area contributed by atoms with Crippen molar-refractivity contribution in [3.63, 3.8) is 0 Å². The maximum Gasteiger partial charge on any atom is 0.336 e. The topological polar surface area (TPSA) is 260 Å². The highest BCUT2D eigenvalue weighted by Gasteiger charge is 2.45. The van der Waals surface area contributed by atoms with E-state index in [1.54, 1.807) is 0 Å². The number of likely N-dealkylation sites (tertiary alicyclic amines) is 1. The van der Waals surface area contributed by atoms with Crippen molar-refractivity contribution in [1.82, 2.24) is 26.2 Å². The lowest BCUT2D eigenvalue weighted by Crippen LogP contribution is -2.60. The zero-order valence-corrected chi connectivity index (χ0v) is 34.2. The molecule has 0 radical (unpaired) electrons. The van der Waals surface area contributed by atoms with Crippen LogP contribution in [0.15, 0.2) is 36.4 Å². The molecule has 5 atom stereocenters. The number of esters is 1. The van der Waals surface area contributed by atoms with Crippen molar-refractivity contribution >= 4 is 53.2 Å². The fourth-order valence-corrected chi connectivity index (χ4v) is 8.67. The van der Waals surface area contributed by atoms with Gasteiger partial charge in [0, 0.05) is 12.5 Å². The first-order valence-electron chi connectivity index (χ1n) is 21.2. The second kappa shape index (κ2) is 21.6. The molecule has 4 fully saturated rings. The lowest BCUT2D eigenvalue weighted by Gasteiger charge is -2.35. The summed E-state index contributed by atoms with van der Waals surface area (Å²) in [5, 5.41) is 20.7. The van der Waals surface area contributed by atoms with Gasteiger partial charge >= 0.3 is 11.9 Å². The fourth-order valence-electron chi connectivity index (χ4n) is 8.67. The van der Waals surface area contributed by atoms with Crippen molar-refractivity contribution in [1.29, 1.82) is 0 Å². The molecule has 3 saturated carbocycles. The molecule has 0 spiro atoms. The molecular weight excluding hydrogens is 777 g/mol. The van der Waals surface area contributed by atoms with Crippen LogP contribution in [0.2, 0.25) is 0 Å². The Kier molecular flexibility index (Phi) is 16.4. The molecule has 5 rings (SSSR count). The van der Waals surface area contributed by atoms with Gasteiger partial charge < -0.3 is 41.7 Å². The van der Waals surface area contributed by atoms with Crippen LogP contribution in [0, 0.1) is 17.8 Å². The van der Waals surface area contributed by atoms with E-state index in [0.717, 1.165) is 75.2 Å². The lowest BCUT2D eigenvalue weighted by molar-refractivity contribution is -0.143. The Morgan fingerprint density at radius 1 is 0.800 bits per heavy atom. The predicted octanol–water partition coefficient (Wildman–Crippen LogP) is 2.06. The van der Waals surface area contributed by atoms with Crippen molar-refractivity contribution in [2.75, 3.05) is 13.7 Å². The van der Waals surface area contributed by atoms with Crippen LogP contribution in [0.5, 0.6) is 0 Å². The first kappa shape index (κ1) is 45.5. The summed E-state index contributed by atoms with van der Waals surface area (Å²) in [6, 6.07) is -0.245. The van der Waals surface area contributed by atoms with Crippen LogP contribution in [0.1, 0.15) is 123 Å². The number of carbonyl (C=O) groups excluding carboxylic acids is 8. The SMILES string of the molecule is COC(=O)/C=C/CC[C@H](NC(=O)c1ccccc1C(=O)O)C(=O)N[C@@H](CC1CC1)C(=O)N1CC(=O)C[C@H]1C(=O)N[C@H](C(=O)N[C@H](C(N)=O)C1CCCCC1)C1CCCCC1. The van der Waals surface area contributed by atoms with Crippen molar-refractivity contribution in [2.45, 2.75) is 133 Å². The molecule has 1 aromatic rings. The van der Waals surface area contributed by atoms with Crippen molar-refractivity contribution in [3.05, 3.63) is 47.5 Å². The number of nitrogens with two attached hydrogens (primary N) is 1. The zero-order chi connectivity index (χ0) is 43.3. The van der Waals surface area contributed by atoms with Crippen molar-refractivity contribution in [2.24, 2.45) is 23.5 Å². The summed E-state index contributed by atoms with van der Waals surface area (Å²) in [7, 11) is 1.20. The molecule has 1 heterocycles. The van der Waals surface area contributed by atoms with Crippen LogP contribution in [0.3, 0.4) is 0 Å². The molecule has 1 aliphatic heterocycles. The number of nitrogens with zero attached hydrogens (tertiary/aromatic N) is 1. The van der Waals surface area contributed by atoms with Crippen LogP contribution >= 0.6 is 0 Å². The Balaban J connectivity index is 1.34. The molecule has 7 N–H and O–H groups in total. The van der Waals surface area contributed by atoms with Crippen molar-refractivity contribution in [3.8, 4) is 0 Å². The van der Waals surface area contributed by atoms with Gasteiger partial charge in [0.05, 0.1) is 24.8 Å². The summed E-state index contributed by atoms with van der Waals surface area (Å²) in [5.41, 5.74) is 5.30. The van der Waals surface area contributed by atoms with E-state index >= 15 is 0 Å². The third kappa shape index (κ3) is 12.5. The van der Waals surface area contributed by atoms with Gasteiger partial charge in [-0.2, -0.15) is 0 Å². The molecule has 0 aromatic heterocycles. The number of amides is 6. The number of carboxylic acid groups (broad SMARTS) is 1. The maximum atomic E-state index is 14.4. The number of ether oxygens (including phenoxy) is 1. The Hall–Kier alpha value is -5.61. The lowest BCUT2D eigenvalue weighted by atomic mass is 9.81. The minimum Gasteiger partial charge on any atom is -0.478 e. The Bertz CT molecular complexity index is 1820. The number of nitrogens with one attached hydrogen (secondary N) is 4. The number of allylic oxidation sites excluding steroid dienone is 1. The number of ketones is 1. The molecule has 17 heteroatoms. The van der Waals surface area contributed by atoms with E-state index in [1.807, 2.05) is 0 Å². The molecule has 0 bridgehead atoms. The summed E-state index contributed by atoms with van der Waals surface area (Å²) < 4.78 is 4.61. The molecule has 60 heavy (non-hydrogen) atoms. The number of rotatable bonds is 19. The Labute approximate surface area is 349 Å². The first-order chi connectivity index (χ1) is 28.8. The van der Waals surface area contributed by atoms with E-state index in [2.05, 4.69) is 26.0 Å². The number of Topliss-reactive ketones (excluding diaryl/α,β-unsaturated/α-hetero) is 1. The molecule has 4 aliphatic rings. The zero-order valence-electron chi connectivity index (χ0n) is 34.2. The number of carbonyl (C=O) groups is 9. The van der Waals surface area contributed by atoms with Crippen molar-refractivity contribution < 1.29 is 53.0 Å². The first-order valence-corrected chi connectivity index (χ1v) is 21.2. The molecule has 17 nitrogen and oxygen atoms in total. The van der Waals surface area contributed by atoms with E-state index in [1.165, 1.54) is 37.5 Å². The largest absolute Gasteiger partial charge is 0.478 e. The van der Waals surface area contributed by atoms with Gasteiger partial charge in [0.1, 0.15) is 30.2 Å². The maximum absolute atomic E-state index is 14.4. The van der Waals surface area contributed by atoms with Gasteiger partial charge in [0.2, 0.25) is 29.5 Å². The van der Waals surface area contributed by atoms with Gasteiger partial charge in [0.25, 0.3) is 5.91 Å². The average Bonchev–Trinajstić information content (AvgIpc) is 3.99. The van der Waals surface area contributed by atoms with Crippen LogP contribution in [0.25, 0.3) is 0 Å². The second-order valence-electron chi connectivity index (χ2n) is 16.5. The van der Waals surface area contributed by atoms with Gasteiger partial charge in [-0.25, -0.2) is 9.59 Å². The molecule has 1 aromatic carbocycles. The summed E-state index contributed by atoms with van der Waals surface area (Å²) in [6.07, 6.45) is 12.4. The highest BCUT2D eigenvalue weighted by atomic mass is 16.5. The number of aromatic carboxylic acids is 1. The summed E-state index contributed by atoms with van der Waals surface area (Å²) in [6.45, 7) is -0.399. The number of methoxy groups -OCH3 is 1. The second-order valence-corrected chi connectivity index (χ2v) is 16.5. The predicted molar refractivity (Wildman–Crippen MR) is 216 cm³/mol. The molecule has 0 unspecified atom stereocenters. The highest BCUT2D eigenvalue weighted by Crippen LogP contribution is 2.35. The van der Waals surface area contributed by atoms with E-state index < -0.39 is 84.1 Å². The number of primary amides is 1. The fraction of sp³-hybridized carbons (Fsp3) is 0.605. The van der Waals surface area contributed by atoms with Gasteiger partial charge in [-0.15, -0.1) is 0 Å². The van der Waals surface area contributed by atoms with Crippen LogP contribution in [-0.4, -0.2) is 107 Å². The van der Waals surface area contributed by atoms with Gasteiger partial charge in [-0.1, -0.05) is 69.6 Å². The van der Waals surface area contributed by atoms with Gasteiger partial charge in [-0.3, -0.25) is 33.6 Å².